The standard InChI is InChI=1S/C10H20O/c1-5-7-9(6-2)8-10(3,4)11/h7,11H,5-6,8H2,1-4H3. The maximum absolute atomic E-state index is 9.50. The largest absolute Gasteiger partial charge is 0.390 e. The van der Waals surface area contributed by atoms with Crippen LogP contribution < -0.4 is 0 Å². The molecule has 0 aromatic rings. The number of allylic oxidation sites excluding steroid dienone is 1. The topological polar surface area (TPSA) is 20.2 Å². The summed E-state index contributed by atoms with van der Waals surface area (Å²) in [7, 11) is 0. The molecule has 0 atom stereocenters. The van der Waals surface area contributed by atoms with Crippen molar-refractivity contribution in [2.45, 2.75) is 52.6 Å². The lowest BCUT2D eigenvalue weighted by atomic mass is 9.96. The first-order valence-corrected chi connectivity index (χ1v) is 4.40. The van der Waals surface area contributed by atoms with Gasteiger partial charge in [0.2, 0.25) is 0 Å². The summed E-state index contributed by atoms with van der Waals surface area (Å²) in [6.07, 6.45) is 5.13. The van der Waals surface area contributed by atoms with Crippen LogP contribution in [-0.4, -0.2) is 10.7 Å². The monoisotopic (exact) mass is 156 g/mol. The average molecular weight is 156 g/mol. The summed E-state index contributed by atoms with van der Waals surface area (Å²) in [6.45, 7) is 7.96. The molecule has 0 aromatic carbocycles. The van der Waals surface area contributed by atoms with Crippen molar-refractivity contribution in [3.05, 3.63) is 11.6 Å². The van der Waals surface area contributed by atoms with Crippen molar-refractivity contribution in [2.24, 2.45) is 0 Å². The van der Waals surface area contributed by atoms with E-state index in [0.717, 1.165) is 19.3 Å². The minimum atomic E-state index is -0.545. The highest BCUT2D eigenvalue weighted by Crippen LogP contribution is 2.18. The Balaban J connectivity index is 3.99. The van der Waals surface area contributed by atoms with Gasteiger partial charge in [-0.2, -0.15) is 0 Å². The molecule has 0 unspecified atom stereocenters. The van der Waals surface area contributed by atoms with Gasteiger partial charge in [-0.05, 0) is 33.1 Å². The zero-order valence-electron chi connectivity index (χ0n) is 8.15. The van der Waals surface area contributed by atoms with Crippen molar-refractivity contribution in [3.8, 4) is 0 Å². The van der Waals surface area contributed by atoms with Gasteiger partial charge in [0.1, 0.15) is 0 Å². The molecule has 0 aliphatic carbocycles. The highest BCUT2D eigenvalue weighted by Gasteiger charge is 2.13. The zero-order valence-corrected chi connectivity index (χ0v) is 8.15. The average Bonchev–Trinajstić information content (AvgIpc) is 1.84. The van der Waals surface area contributed by atoms with Gasteiger partial charge in [0.05, 0.1) is 5.60 Å². The Bertz CT molecular complexity index is 128. The molecule has 0 bridgehead atoms. The first-order valence-electron chi connectivity index (χ1n) is 4.40. The van der Waals surface area contributed by atoms with E-state index in [4.69, 9.17) is 0 Å². The van der Waals surface area contributed by atoms with E-state index in [9.17, 15) is 5.11 Å². The molecule has 1 heteroatoms. The van der Waals surface area contributed by atoms with Crippen molar-refractivity contribution < 1.29 is 5.11 Å². The second-order valence-electron chi connectivity index (χ2n) is 3.61. The van der Waals surface area contributed by atoms with Crippen molar-refractivity contribution >= 4 is 0 Å². The van der Waals surface area contributed by atoms with Crippen molar-refractivity contribution in [3.63, 3.8) is 0 Å². The van der Waals surface area contributed by atoms with Crippen molar-refractivity contribution in [1.29, 1.82) is 0 Å². The minimum absolute atomic E-state index is 0.545. The minimum Gasteiger partial charge on any atom is -0.390 e. The maximum atomic E-state index is 9.50. The van der Waals surface area contributed by atoms with Gasteiger partial charge in [-0.1, -0.05) is 25.5 Å². The summed E-state index contributed by atoms with van der Waals surface area (Å²) >= 11 is 0. The first-order chi connectivity index (χ1) is 4.99. The molecular formula is C10H20O. The molecule has 0 aliphatic heterocycles. The van der Waals surface area contributed by atoms with Crippen molar-refractivity contribution in [2.75, 3.05) is 0 Å². The number of hydrogen-bond acceptors (Lipinski definition) is 1. The molecule has 0 aromatic heterocycles. The van der Waals surface area contributed by atoms with Gasteiger partial charge in [0.25, 0.3) is 0 Å². The molecule has 1 N–H and O–H groups in total. The molecule has 0 radical (unpaired) electrons. The lowest BCUT2D eigenvalue weighted by Crippen LogP contribution is -2.18. The van der Waals surface area contributed by atoms with E-state index in [1.807, 2.05) is 13.8 Å². The Morgan fingerprint density at radius 1 is 1.36 bits per heavy atom. The van der Waals surface area contributed by atoms with Crippen LogP contribution in [-0.2, 0) is 0 Å². The molecule has 1 nitrogen and oxygen atoms in total. The lowest BCUT2D eigenvalue weighted by molar-refractivity contribution is 0.0802. The predicted octanol–water partition coefficient (Wildman–Crippen LogP) is 2.89. The summed E-state index contributed by atoms with van der Waals surface area (Å²) in [5.41, 5.74) is 0.816. The van der Waals surface area contributed by atoms with Gasteiger partial charge in [-0.15, -0.1) is 0 Å². The fraction of sp³-hybridized carbons (Fsp3) is 0.800. The summed E-state index contributed by atoms with van der Waals surface area (Å²) < 4.78 is 0. The molecule has 0 aliphatic rings. The Labute approximate surface area is 70.1 Å². The molecule has 11 heavy (non-hydrogen) atoms. The quantitative estimate of drug-likeness (QED) is 0.620. The van der Waals surface area contributed by atoms with Crippen LogP contribution in [0.2, 0.25) is 0 Å². The molecule has 0 saturated carbocycles. The van der Waals surface area contributed by atoms with Crippen LogP contribution in [0.5, 0.6) is 0 Å². The fourth-order valence-corrected chi connectivity index (χ4v) is 1.19. The summed E-state index contributed by atoms with van der Waals surface area (Å²) in [5.74, 6) is 0. The Morgan fingerprint density at radius 2 is 1.91 bits per heavy atom. The van der Waals surface area contributed by atoms with Crippen LogP contribution in [0.25, 0.3) is 0 Å². The molecule has 0 heterocycles. The van der Waals surface area contributed by atoms with E-state index in [0.29, 0.717) is 0 Å². The Morgan fingerprint density at radius 3 is 2.18 bits per heavy atom. The van der Waals surface area contributed by atoms with Crippen LogP contribution >= 0.6 is 0 Å². The Kier molecular flexibility index (Phi) is 4.43. The van der Waals surface area contributed by atoms with Gasteiger partial charge in [-0.3, -0.25) is 0 Å². The maximum Gasteiger partial charge on any atom is 0.0628 e. The van der Waals surface area contributed by atoms with Crippen molar-refractivity contribution in [1.82, 2.24) is 0 Å². The van der Waals surface area contributed by atoms with Gasteiger partial charge in [-0.25, -0.2) is 0 Å². The molecule has 0 saturated heterocycles. The fourth-order valence-electron chi connectivity index (χ4n) is 1.19. The second kappa shape index (κ2) is 4.55. The first kappa shape index (κ1) is 10.7. The van der Waals surface area contributed by atoms with Crippen LogP contribution in [0.1, 0.15) is 47.0 Å². The molecule has 0 rings (SSSR count). The van der Waals surface area contributed by atoms with Gasteiger partial charge >= 0.3 is 0 Å². The Hall–Kier alpha value is -0.300. The van der Waals surface area contributed by atoms with Crippen LogP contribution in [0.4, 0.5) is 0 Å². The highest BCUT2D eigenvalue weighted by molar-refractivity contribution is 5.04. The molecule has 0 spiro atoms. The number of hydrogen-bond donors (Lipinski definition) is 1. The third-order valence-corrected chi connectivity index (χ3v) is 1.61. The van der Waals surface area contributed by atoms with Gasteiger partial charge < -0.3 is 5.11 Å². The molecule has 66 valence electrons. The van der Waals surface area contributed by atoms with E-state index in [2.05, 4.69) is 19.9 Å². The van der Waals surface area contributed by atoms with Gasteiger partial charge in [0, 0.05) is 0 Å². The zero-order chi connectivity index (χ0) is 8.91. The molecule has 0 amide bonds. The molecular weight excluding hydrogens is 136 g/mol. The highest BCUT2D eigenvalue weighted by atomic mass is 16.3. The molecule has 0 fully saturated rings. The predicted molar refractivity (Wildman–Crippen MR) is 49.6 cm³/mol. The van der Waals surface area contributed by atoms with Gasteiger partial charge in [0.15, 0.2) is 0 Å². The third kappa shape index (κ3) is 6.11. The smallest absolute Gasteiger partial charge is 0.0628 e. The van der Waals surface area contributed by atoms with E-state index in [-0.39, 0.29) is 0 Å². The van der Waals surface area contributed by atoms with Crippen LogP contribution in [0.3, 0.4) is 0 Å². The summed E-state index contributed by atoms with van der Waals surface area (Å²) in [5, 5.41) is 9.50. The van der Waals surface area contributed by atoms with Crippen LogP contribution in [0.15, 0.2) is 11.6 Å². The van der Waals surface area contributed by atoms with Crippen LogP contribution in [0, 0.1) is 0 Å². The van der Waals surface area contributed by atoms with E-state index >= 15 is 0 Å². The SMILES string of the molecule is CCC=C(CC)CC(C)(C)O. The lowest BCUT2D eigenvalue weighted by Gasteiger charge is -2.18. The van der Waals surface area contributed by atoms with E-state index < -0.39 is 5.60 Å². The summed E-state index contributed by atoms with van der Waals surface area (Å²) in [6, 6.07) is 0. The number of aliphatic hydroxyl groups is 1. The normalized spacial score (nSPS) is 13.7. The third-order valence-electron chi connectivity index (χ3n) is 1.61. The second-order valence-corrected chi connectivity index (χ2v) is 3.61. The summed E-state index contributed by atoms with van der Waals surface area (Å²) in [4.78, 5) is 0. The van der Waals surface area contributed by atoms with E-state index in [1.165, 1.54) is 5.57 Å². The van der Waals surface area contributed by atoms with E-state index in [1.54, 1.807) is 0 Å². The number of rotatable bonds is 4.